The lowest BCUT2D eigenvalue weighted by atomic mass is 10.1. The first-order chi connectivity index (χ1) is 9.56. The van der Waals surface area contributed by atoms with Crippen LogP contribution in [0.2, 0.25) is 0 Å². The Labute approximate surface area is 114 Å². The summed E-state index contributed by atoms with van der Waals surface area (Å²) < 4.78 is 15.5. The van der Waals surface area contributed by atoms with Crippen molar-refractivity contribution < 1.29 is 14.3 Å². The Bertz CT molecular complexity index is 824. The van der Waals surface area contributed by atoms with Crippen molar-refractivity contribution in [1.82, 2.24) is 9.55 Å². The van der Waals surface area contributed by atoms with E-state index in [9.17, 15) is 9.18 Å². The summed E-state index contributed by atoms with van der Waals surface area (Å²) in [6.45, 7) is 1.84. The molecule has 100 valence electrons. The molecule has 1 N–H and O–H groups in total. The highest BCUT2D eigenvalue weighted by Crippen LogP contribution is 2.23. The minimum absolute atomic E-state index is 0.207. The Morgan fingerprint density at radius 1 is 1.30 bits per heavy atom. The van der Waals surface area contributed by atoms with E-state index in [1.807, 2.05) is 6.92 Å². The zero-order valence-electron chi connectivity index (χ0n) is 10.7. The maximum Gasteiger partial charge on any atom is 0.335 e. The third kappa shape index (κ3) is 1.93. The highest BCUT2D eigenvalue weighted by atomic mass is 19.1. The van der Waals surface area contributed by atoms with Gasteiger partial charge in [0.05, 0.1) is 11.1 Å². The van der Waals surface area contributed by atoms with Crippen LogP contribution in [0, 0.1) is 12.9 Å². The Kier molecular flexibility index (Phi) is 2.75. The Morgan fingerprint density at radius 3 is 2.85 bits per heavy atom. The molecule has 0 aliphatic heterocycles. The second kappa shape index (κ2) is 4.45. The molecule has 0 bridgehead atoms. The predicted molar refractivity (Wildman–Crippen MR) is 72.7 cm³/mol. The molecule has 5 heteroatoms. The summed E-state index contributed by atoms with van der Waals surface area (Å²) in [4.78, 5) is 14.6. The van der Waals surface area contributed by atoms with Crippen LogP contribution in [0.1, 0.15) is 15.9 Å². The van der Waals surface area contributed by atoms with Gasteiger partial charge in [-0.15, -0.1) is 0 Å². The monoisotopic (exact) mass is 270 g/mol. The molecule has 4 nitrogen and oxygen atoms in total. The van der Waals surface area contributed by atoms with Gasteiger partial charge in [-0.2, -0.15) is 4.39 Å². The molecule has 0 saturated heterocycles. The highest BCUT2D eigenvalue weighted by Gasteiger charge is 2.11. The summed E-state index contributed by atoms with van der Waals surface area (Å²) in [6.07, 6.45) is 3.17. The Balaban J connectivity index is 2.22. The molecule has 1 aromatic carbocycles. The van der Waals surface area contributed by atoms with Gasteiger partial charge < -0.3 is 9.67 Å². The number of carbonyl (C=O) groups is 1. The quantitative estimate of drug-likeness (QED) is 0.728. The van der Waals surface area contributed by atoms with Gasteiger partial charge in [0, 0.05) is 17.8 Å². The van der Waals surface area contributed by atoms with Crippen molar-refractivity contribution in [2.45, 2.75) is 6.92 Å². The van der Waals surface area contributed by atoms with Crippen LogP contribution in [-0.4, -0.2) is 20.6 Å². The smallest absolute Gasteiger partial charge is 0.335 e. The number of carboxylic acids is 1. The number of aromatic carboxylic acids is 1. The molecular formula is C15H11FN2O2. The number of hydrogen-bond donors (Lipinski definition) is 1. The number of aryl methyl sites for hydroxylation is 1. The lowest BCUT2D eigenvalue weighted by molar-refractivity contribution is 0.0697. The minimum Gasteiger partial charge on any atom is -0.478 e. The SMILES string of the molecule is Cc1cnc(F)c(-n2ccc3cc(C(=O)O)ccc32)c1. The summed E-state index contributed by atoms with van der Waals surface area (Å²) in [6, 6.07) is 8.19. The third-order valence-corrected chi connectivity index (χ3v) is 3.15. The maximum absolute atomic E-state index is 13.8. The number of aromatic nitrogens is 2. The normalized spacial score (nSPS) is 10.9. The predicted octanol–water partition coefficient (Wildman–Crippen LogP) is 3.17. The fourth-order valence-corrected chi connectivity index (χ4v) is 2.19. The van der Waals surface area contributed by atoms with E-state index in [1.54, 1.807) is 35.0 Å². The number of hydrogen-bond acceptors (Lipinski definition) is 2. The molecule has 2 aromatic heterocycles. The van der Waals surface area contributed by atoms with Crippen LogP contribution in [0.4, 0.5) is 4.39 Å². The average Bonchev–Trinajstić information content (AvgIpc) is 2.84. The standard InChI is InChI=1S/C15H11FN2O2/c1-9-6-13(14(16)17-8-9)18-5-4-10-7-11(15(19)20)2-3-12(10)18/h2-8H,1H3,(H,19,20). The van der Waals surface area contributed by atoms with E-state index in [4.69, 9.17) is 5.11 Å². The van der Waals surface area contributed by atoms with Crippen LogP contribution >= 0.6 is 0 Å². The molecule has 0 aliphatic rings. The molecule has 0 radical (unpaired) electrons. The third-order valence-electron chi connectivity index (χ3n) is 3.15. The second-order valence-electron chi connectivity index (χ2n) is 4.59. The van der Waals surface area contributed by atoms with Gasteiger partial charge in [-0.3, -0.25) is 0 Å². The fraction of sp³-hybridized carbons (Fsp3) is 0.0667. The van der Waals surface area contributed by atoms with Gasteiger partial charge in [-0.1, -0.05) is 0 Å². The highest BCUT2D eigenvalue weighted by molar-refractivity contribution is 5.94. The Morgan fingerprint density at radius 2 is 2.10 bits per heavy atom. The Hall–Kier alpha value is -2.69. The van der Waals surface area contributed by atoms with Gasteiger partial charge in [0.1, 0.15) is 5.69 Å². The first-order valence-corrected chi connectivity index (χ1v) is 6.03. The lowest BCUT2D eigenvalue weighted by Gasteiger charge is -2.07. The van der Waals surface area contributed by atoms with Crippen molar-refractivity contribution in [3.63, 3.8) is 0 Å². The molecule has 2 heterocycles. The van der Waals surface area contributed by atoms with Gasteiger partial charge >= 0.3 is 5.97 Å². The lowest BCUT2D eigenvalue weighted by Crippen LogP contribution is -2.00. The van der Waals surface area contributed by atoms with E-state index in [0.29, 0.717) is 5.69 Å². The molecule has 0 amide bonds. The number of fused-ring (bicyclic) bond motifs is 1. The summed E-state index contributed by atoms with van der Waals surface area (Å²) in [5.74, 6) is -1.54. The molecule has 0 fully saturated rings. The van der Waals surface area contributed by atoms with Crippen molar-refractivity contribution in [1.29, 1.82) is 0 Å². The molecular weight excluding hydrogens is 259 g/mol. The zero-order valence-corrected chi connectivity index (χ0v) is 10.7. The molecule has 0 spiro atoms. The molecule has 20 heavy (non-hydrogen) atoms. The van der Waals surface area contributed by atoms with Gasteiger partial charge in [0.2, 0.25) is 5.95 Å². The first-order valence-electron chi connectivity index (χ1n) is 6.03. The van der Waals surface area contributed by atoms with E-state index < -0.39 is 11.9 Å². The first kappa shape index (κ1) is 12.3. The fourth-order valence-electron chi connectivity index (χ4n) is 2.19. The number of carboxylic acid groups (broad SMARTS) is 1. The van der Waals surface area contributed by atoms with E-state index >= 15 is 0 Å². The van der Waals surface area contributed by atoms with Gasteiger partial charge in [0.25, 0.3) is 0 Å². The van der Waals surface area contributed by atoms with E-state index in [0.717, 1.165) is 16.5 Å². The largest absolute Gasteiger partial charge is 0.478 e. The van der Waals surface area contributed by atoms with Gasteiger partial charge in [-0.05, 0) is 42.8 Å². The van der Waals surface area contributed by atoms with Gasteiger partial charge in [-0.25, -0.2) is 9.78 Å². The van der Waals surface area contributed by atoms with E-state index in [2.05, 4.69) is 4.98 Å². The van der Waals surface area contributed by atoms with Crippen LogP contribution in [-0.2, 0) is 0 Å². The van der Waals surface area contributed by atoms with Crippen molar-refractivity contribution in [3.05, 3.63) is 59.8 Å². The molecule has 0 aliphatic carbocycles. The number of rotatable bonds is 2. The number of pyridine rings is 1. The van der Waals surface area contributed by atoms with Crippen LogP contribution < -0.4 is 0 Å². The molecule has 0 saturated carbocycles. The van der Waals surface area contributed by atoms with Crippen molar-refractivity contribution in [2.75, 3.05) is 0 Å². The summed E-state index contributed by atoms with van der Waals surface area (Å²) in [5, 5.41) is 9.71. The van der Waals surface area contributed by atoms with Crippen molar-refractivity contribution >= 4 is 16.9 Å². The summed E-state index contributed by atoms with van der Waals surface area (Å²) >= 11 is 0. The number of halogens is 1. The van der Waals surface area contributed by atoms with Crippen LogP contribution in [0.5, 0.6) is 0 Å². The second-order valence-corrected chi connectivity index (χ2v) is 4.59. The minimum atomic E-state index is -0.983. The molecule has 3 aromatic rings. The van der Waals surface area contributed by atoms with E-state index in [-0.39, 0.29) is 5.56 Å². The van der Waals surface area contributed by atoms with Crippen molar-refractivity contribution in [3.8, 4) is 5.69 Å². The molecule has 0 unspecified atom stereocenters. The maximum atomic E-state index is 13.8. The topological polar surface area (TPSA) is 55.1 Å². The zero-order chi connectivity index (χ0) is 14.3. The number of benzene rings is 1. The molecule has 3 rings (SSSR count). The number of nitrogens with zero attached hydrogens (tertiary/aromatic N) is 2. The van der Waals surface area contributed by atoms with E-state index in [1.165, 1.54) is 12.3 Å². The van der Waals surface area contributed by atoms with Crippen LogP contribution in [0.3, 0.4) is 0 Å². The molecule has 0 atom stereocenters. The summed E-state index contributed by atoms with van der Waals surface area (Å²) in [5.41, 5.74) is 2.15. The summed E-state index contributed by atoms with van der Waals surface area (Å²) in [7, 11) is 0. The average molecular weight is 270 g/mol. The van der Waals surface area contributed by atoms with Crippen LogP contribution in [0.15, 0.2) is 42.7 Å². The van der Waals surface area contributed by atoms with Gasteiger partial charge in [0.15, 0.2) is 0 Å². The van der Waals surface area contributed by atoms with Crippen molar-refractivity contribution in [2.24, 2.45) is 0 Å². The van der Waals surface area contributed by atoms with Crippen LogP contribution in [0.25, 0.3) is 16.6 Å².